The number of carbonyl (C=O) groups is 3. The fourth-order valence-corrected chi connectivity index (χ4v) is 1.60. The third-order valence-corrected chi connectivity index (χ3v) is 2.20. The molecule has 1 aliphatic rings. The van der Waals surface area contributed by atoms with Gasteiger partial charge in [0.05, 0.1) is 6.10 Å². The van der Waals surface area contributed by atoms with Gasteiger partial charge in [0.25, 0.3) is 0 Å². The fraction of sp³-hybridized carbons (Fsp3) is 0.727. The Morgan fingerprint density at radius 1 is 1.06 bits per heavy atom. The van der Waals surface area contributed by atoms with Gasteiger partial charge in [0, 0.05) is 27.2 Å². The van der Waals surface area contributed by atoms with Crippen LogP contribution < -0.4 is 0 Å². The zero-order valence-corrected chi connectivity index (χ0v) is 10.5. The van der Waals surface area contributed by atoms with Crippen molar-refractivity contribution in [3.8, 4) is 0 Å². The molecule has 1 aliphatic heterocycles. The molecule has 3 atom stereocenters. The van der Waals surface area contributed by atoms with E-state index in [1.54, 1.807) is 0 Å². The van der Waals surface area contributed by atoms with Gasteiger partial charge in [-0.3, -0.25) is 14.4 Å². The number of rotatable bonds is 4. The van der Waals surface area contributed by atoms with E-state index in [2.05, 4.69) is 0 Å². The molecule has 0 bridgehead atoms. The summed E-state index contributed by atoms with van der Waals surface area (Å²) in [5.41, 5.74) is 0. The lowest BCUT2D eigenvalue weighted by atomic mass is 10.2. The highest BCUT2D eigenvalue weighted by molar-refractivity contribution is 5.67. The number of ether oxygens (including phenoxy) is 4. The smallest absolute Gasteiger partial charge is 0.305 e. The molecule has 7 nitrogen and oxygen atoms in total. The third-order valence-electron chi connectivity index (χ3n) is 2.20. The summed E-state index contributed by atoms with van der Waals surface area (Å²) >= 11 is 0. The maximum atomic E-state index is 10.9. The van der Waals surface area contributed by atoms with Crippen LogP contribution in [-0.2, 0) is 33.3 Å². The van der Waals surface area contributed by atoms with Gasteiger partial charge >= 0.3 is 17.9 Å². The van der Waals surface area contributed by atoms with Crippen LogP contribution in [0.3, 0.4) is 0 Å². The summed E-state index contributed by atoms with van der Waals surface area (Å²) in [6.07, 6.45) is -1.77. The van der Waals surface area contributed by atoms with Gasteiger partial charge in [0.15, 0.2) is 6.10 Å². The lowest BCUT2D eigenvalue weighted by molar-refractivity contribution is -0.196. The zero-order chi connectivity index (χ0) is 13.7. The van der Waals surface area contributed by atoms with Crippen LogP contribution in [0.2, 0.25) is 0 Å². The average Bonchev–Trinajstić information content (AvgIpc) is 2.56. The van der Waals surface area contributed by atoms with Gasteiger partial charge in [-0.15, -0.1) is 0 Å². The van der Waals surface area contributed by atoms with Gasteiger partial charge in [0.2, 0.25) is 6.29 Å². The van der Waals surface area contributed by atoms with Crippen LogP contribution in [0.4, 0.5) is 0 Å². The number of carbonyl (C=O) groups excluding carboxylic acids is 3. The summed E-state index contributed by atoms with van der Waals surface area (Å²) in [5, 5.41) is 0. The summed E-state index contributed by atoms with van der Waals surface area (Å²) in [7, 11) is 0. The fourth-order valence-electron chi connectivity index (χ4n) is 1.60. The molecule has 1 rings (SSSR count). The van der Waals surface area contributed by atoms with E-state index in [4.69, 9.17) is 18.9 Å². The molecule has 0 saturated carbocycles. The molecule has 1 fully saturated rings. The number of hydrogen-bond donors (Lipinski definition) is 0. The van der Waals surface area contributed by atoms with E-state index < -0.39 is 36.4 Å². The number of hydrogen-bond acceptors (Lipinski definition) is 7. The Hall–Kier alpha value is -1.63. The van der Waals surface area contributed by atoms with Gasteiger partial charge in [-0.1, -0.05) is 0 Å². The molecule has 0 amide bonds. The standard InChI is InChI=1S/C11H16O7/c1-6(12)15-5-9-4-10(16-7(2)13)11(18-9)17-8(3)14/h9-11H,4-5H2,1-3H3/t9?,10-,11?/m1/s1. The summed E-state index contributed by atoms with van der Waals surface area (Å²) in [5.74, 6) is -1.46. The average molecular weight is 260 g/mol. The summed E-state index contributed by atoms with van der Waals surface area (Å²) < 4.78 is 20.0. The van der Waals surface area contributed by atoms with Gasteiger partial charge in [-0.05, 0) is 0 Å². The first-order valence-corrected chi connectivity index (χ1v) is 5.51. The van der Waals surface area contributed by atoms with Crippen molar-refractivity contribution in [1.82, 2.24) is 0 Å². The summed E-state index contributed by atoms with van der Waals surface area (Å²) in [6, 6.07) is 0. The molecule has 102 valence electrons. The van der Waals surface area contributed by atoms with Gasteiger partial charge in [-0.25, -0.2) is 0 Å². The van der Waals surface area contributed by atoms with Crippen LogP contribution in [-0.4, -0.2) is 43.0 Å². The second-order valence-corrected chi connectivity index (χ2v) is 3.92. The molecule has 0 spiro atoms. The van der Waals surface area contributed by atoms with Crippen molar-refractivity contribution in [2.45, 2.75) is 45.7 Å². The molecule has 7 heteroatoms. The minimum atomic E-state index is -0.952. The molecule has 0 aromatic carbocycles. The van der Waals surface area contributed by atoms with E-state index in [0.717, 1.165) is 0 Å². The van der Waals surface area contributed by atoms with Crippen molar-refractivity contribution >= 4 is 17.9 Å². The predicted octanol–water partition coefficient (Wildman–Crippen LogP) is 0.159. The van der Waals surface area contributed by atoms with E-state index in [1.165, 1.54) is 20.8 Å². The molecule has 1 saturated heterocycles. The van der Waals surface area contributed by atoms with Crippen molar-refractivity contribution in [1.29, 1.82) is 0 Å². The summed E-state index contributed by atoms with van der Waals surface area (Å²) in [6.45, 7) is 3.80. The largest absolute Gasteiger partial charge is 0.463 e. The first kappa shape index (κ1) is 14.4. The van der Waals surface area contributed by atoms with Crippen LogP contribution in [0.15, 0.2) is 0 Å². The van der Waals surface area contributed by atoms with E-state index in [-0.39, 0.29) is 6.61 Å². The highest BCUT2D eigenvalue weighted by Gasteiger charge is 2.40. The van der Waals surface area contributed by atoms with Crippen LogP contribution in [0, 0.1) is 0 Å². The lowest BCUT2D eigenvalue weighted by Crippen LogP contribution is -2.30. The van der Waals surface area contributed by atoms with Crippen molar-refractivity contribution in [3.05, 3.63) is 0 Å². The molecule has 1 heterocycles. The maximum absolute atomic E-state index is 10.9. The SMILES string of the molecule is CC(=O)OCC1C[C@@H](OC(C)=O)C(OC(C)=O)O1. The van der Waals surface area contributed by atoms with Crippen molar-refractivity contribution < 1.29 is 33.3 Å². The molecule has 0 aromatic rings. The normalized spacial score (nSPS) is 26.5. The van der Waals surface area contributed by atoms with Gasteiger partial charge in [0.1, 0.15) is 6.61 Å². The second kappa shape index (κ2) is 6.34. The van der Waals surface area contributed by atoms with Gasteiger partial charge < -0.3 is 18.9 Å². The summed E-state index contributed by atoms with van der Waals surface area (Å²) in [4.78, 5) is 32.4. The first-order valence-electron chi connectivity index (χ1n) is 5.51. The molecular formula is C11H16O7. The Kier molecular flexibility index (Phi) is 5.08. The second-order valence-electron chi connectivity index (χ2n) is 3.92. The molecule has 2 unspecified atom stereocenters. The topological polar surface area (TPSA) is 88.1 Å². The quantitative estimate of drug-likeness (QED) is 0.525. The first-order chi connectivity index (χ1) is 8.38. The lowest BCUT2D eigenvalue weighted by Gasteiger charge is -2.17. The van der Waals surface area contributed by atoms with Crippen molar-refractivity contribution in [2.24, 2.45) is 0 Å². The molecule has 18 heavy (non-hydrogen) atoms. The monoisotopic (exact) mass is 260 g/mol. The Morgan fingerprint density at radius 3 is 2.17 bits per heavy atom. The van der Waals surface area contributed by atoms with E-state index in [1.807, 2.05) is 0 Å². The number of esters is 3. The Balaban J connectivity index is 2.54. The third kappa shape index (κ3) is 4.70. The van der Waals surface area contributed by atoms with Gasteiger partial charge in [-0.2, -0.15) is 0 Å². The minimum absolute atomic E-state index is 0.0326. The Morgan fingerprint density at radius 2 is 1.67 bits per heavy atom. The molecule has 0 aromatic heterocycles. The van der Waals surface area contributed by atoms with Crippen LogP contribution in [0.5, 0.6) is 0 Å². The van der Waals surface area contributed by atoms with Crippen LogP contribution >= 0.6 is 0 Å². The molecular weight excluding hydrogens is 244 g/mol. The molecule has 0 N–H and O–H groups in total. The molecule has 0 radical (unpaired) electrons. The van der Waals surface area contributed by atoms with Crippen LogP contribution in [0.25, 0.3) is 0 Å². The maximum Gasteiger partial charge on any atom is 0.305 e. The van der Waals surface area contributed by atoms with Crippen molar-refractivity contribution in [3.63, 3.8) is 0 Å². The van der Waals surface area contributed by atoms with E-state index in [9.17, 15) is 14.4 Å². The highest BCUT2D eigenvalue weighted by Crippen LogP contribution is 2.24. The minimum Gasteiger partial charge on any atom is -0.463 e. The molecule has 0 aliphatic carbocycles. The van der Waals surface area contributed by atoms with Crippen molar-refractivity contribution in [2.75, 3.05) is 6.61 Å². The Bertz CT molecular complexity index is 314. The van der Waals surface area contributed by atoms with E-state index >= 15 is 0 Å². The zero-order valence-electron chi connectivity index (χ0n) is 10.5. The van der Waals surface area contributed by atoms with Crippen LogP contribution in [0.1, 0.15) is 27.2 Å². The van der Waals surface area contributed by atoms with E-state index in [0.29, 0.717) is 6.42 Å². The highest BCUT2D eigenvalue weighted by atomic mass is 16.7. The predicted molar refractivity (Wildman–Crippen MR) is 57.2 cm³/mol. The Labute approximate surface area is 104 Å².